The highest BCUT2D eigenvalue weighted by Gasteiger charge is 2.18. The lowest BCUT2D eigenvalue weighted by molar-refractivity contribution is 0.0595. The first-order valence-corrected chi connectivity index (χ1v) is 4.71. The molecule has 0 atom stereocenters. The van der Waals surface area contributed by atoms with E-state index in [4.69, 9.17) is 0 Å². The van der Waals surface area contributed by atoms with Crippen molar-refractivity contribution in [1.82, 2.24) is 4.98 Å². The highest BCUT2D eigenvalue weighted by atomic mass is 19.1. The summed E-state index contributed by atoms with van der Waals surface area (Å²) >= 11 is 0. The highest BCUT2D eigenvalue weighted by molar-refractivity contribution is 5.95. The van der Waals surface area contributed by atoms with Gasteiger partial charge in [-0.3, -0.25) is 0 Å². The van der Waals surface area contributed by atoms with Crippen LogP contribution in [0.25, 0.3) is 10.9 Å². The Bertz CT molecular complexity index is 592. The average Bonchev–Trinajstić information content (AvgIpc) is 2.72. The molecule has 0 aliphatic carbocycles. The SMILES string of the molecule is COC(=O)c1cc2cc(F)c(OC)c(F)c2[nH]1. The fourth-order valence-electron chi connectivity index (χ4n) is 1.59. The van der Waals surface area contributed by atoms with E-state index >= 15 is 0 Å². The lowest BCUT2D eigenvalue weighted by Crippen LogP contribution is -2.00. The van der Waals surface area contributed by atoms with Crippen LogP contribution in [0.4, 0.5) is 8.78 Å². The molecule has 1 heterocycles. The summed E-state index contributed by atoms with van der Waals surface area (Å²) in [5.74, 6) is -2.85. The normalized spacial score (nSPS) is 10.6. The molecule has 0 radical (unpaired) electrons. The Balaban J connectivity index is 2.69. The zero-order valence-electron chi connectivity index (χ0n) is 9.14. The predicted octanol–water partition coefficient (Wildman–Crippen LogP) is 2.24. The number of methoxy groups -OCH3 is 2. The van der Waals surface area contributed by atoms with Crippen molar-refractivity contribution in [3.05, 3.63) is 29.5 Å². The molecular formula is C11H9F2NO3. The van der Waals surface area contributed by atoms with Gasteiger partial charge >= 0.3 is 5.97 Å². The molecule has 0 saturated heterocycles. The van der Waals surface area contributed by atoms with Crippen LogP contribution in [0.15, 0.2) is 12.1 Å². The van der Waals surface area contributed by atoms with E-state index in [2.05, 4.69) is 14.5 Å². The monoisotopic (exact) mass is 241 g/mol. The van der Waals surface area contributed by atoms with Gasteiger partial charge in [-0.1, -0.05) is 0 Å². The number of hydrogen-bond acceptors (Lipinski definition) is 3. The maximum absolute atomic E-state index is 13.8. The third-order valence-electron chi connectivity index (χ3n) is 2.38. The van der Waals surface area contributed by atoms with Gasteiger partial charge in [-0.15, -0.1) is 0 Å². The molecule has 4 nitrogen and oxygen atoms in total. The average molecular weight is 241 g/mol. The Morgan fingerprint density at radius 3 is 2.59 bits per heavy atom. The Morgan fingerprint density at radius 1 is 1.29 bits per heavy atom. The number of carbonyl (C=O) groups is 1. The number of esters is 1. The summed E-state index contributed by atoms with van der Waals surface area (Å²) in [6.07, 6.45) is 0. The molecule has 0 saturated carbocycles. The number of H-pyrrole nitrogens is 1. The Hall–Kier alpha value is -2.11. The number of ether oxygens (including phenoxy) is 2. The molecule has 1 aromatic carbocycles. The number of halogens is 2. The van der Waals surface area contributed by atoms with Crippen molar-refractivity contribution in [2.45, 2.75) is 0 Å². The summed E-state index contributed by atoms with van der Waals surface area (Å²) in [5.41, 5.74) is 0.0534. The summed E-state index contributed by atoms with van der Waals surface area (Å²) in [4.78, 5) is 13.8. The van der Waals surface area contributed by atoms with Crippen molar-refractivity contribution in [3.8, 4) is 5.75 Å². The lowest BCUT2D eigenvalue weighted by atomic mass is 10.2. The van der Waals surface area contributed by atoms with E-state index in [1.165, 1.54) is 13.2 Å². The number of carbonyl (C=O) groups excluding carboxylic acids is 1. The largest absolute Gasteiger partial charge is 0.491 e. The summed E-state index contributed by atoms with van der Waals surface area (Å²) < 4.78 is 36.2. The van der Waals surface area contributed by atoms with Crippen molar-refractivity contribution in [1.29, 1.82) is 0 Å². The summed E-state index contributed by atoms with van der Waals surface area (Å²) in [6.45, 7) is 0. The second-order valence-corrected chi connectivity index (χ2v) is 3.34. The molecule has 0 amide bonds. The lowest BCUT2D eigenvalue weighted by Gasteiger charge is -2.03. The minimum Gasteiger partial charge on any atom is -0.491 e. The van der Waals surface area contributed by atoms with Crippen LogP contribution in [0, 0.1) is 11.6 Å². The van der Waals surface area contributed by atoms with E-state index in [0.717, 1.165) is 13.2 Å². The second-order valence-electron chi connectivity index (χ2n) is 3.34. The van der Waals surface area contributed by atoms with Gasteiger partial charge in [0, 0.05) is 5.39 Å². The molecule has 0 spiro atoms. The van der Waals surface area contributed by atoms with Crippen LogP contribution in [0.1, 0.15) is 10.5 Å². The van der Waals surface area contributed by atoms with Crippen LogP contribution in [-0.4, -0.2) is 25.2 Å². The van der Waals surface area contributed by atoms with Crippen molar-refractivity contribution in [2.24, 2.45) is 0 Å². The number of rotatable bonds is 2. The molecule has 90 valence electrons. The molecule has 2 aromatic rings. The van der Waals surface area contributed by atoms with Crippen molar-refractivity contribution in [3.63, 3.8) is 0 Å². The van der Waals surface area contributed by atoms with E-state index in [0.29, 0.717) is 0 Å². The van der Waals surface area contributed by atoms with Crippen molar-refractivity contribution in [2.75, 3.05) is 14.2 Å². The number of hydrogen-bond donors (Lipinski definition) is 1. The topological polar surface area (TPSA) is 51.3 Å². The highest BCUT2D eigenvalue weighted by Crippen LogP contribution is 2.29. The number of nitrogens with one attached hydrogen (secondary N) is 1. The maximum Gasteiger partial charge on any atom is 0.354 e. The molecule has 0 unspecified atom stereocenters. The zero-order chi connectivity index (χ0) is 12.6. The van der Waals surface area contributed by atoms with Crippen LogP contribution in [0.5, 0.6) is 5.75 Å². The fraction of sp³-hybridized carbons (Fsp3) is 0.182. The van der Waals surface area contributed by atoms with Gasteiger partial charge in [-0.2, -0.15) is 0 Å². The van der Waals surface area contributed by atoms with Gasteiger partial charge in [0.2, 0.25) is 0 Å². The number of aromatic nitrogens is 1. The van der Waals surface area contributed by atoms with Gasteiger partial charge in [-0.25, -0.2) is 13.6 Å². The van der Waals surface area contributed by atoms with Crippen LogP contribution in [-0.2, 0) is 4.74 Å². The smallest absolute Gasteiger partial charge is 0.354 e. The Kier molecular flexibility index (Phi) is 2.71. The summed E-state index contributed by atoms with van der Waals surface area (Å²) in [6, 6.07) is 2.40. The summed E-state index contributed by atoms with van der Waals surface area (Å²) in [7, 11) is 2.36. The molecule has 0 fully saturated rings. The fourth-order valence-corrected chi connectivity index (χ4v) is 1.59. The van der Waals surface area contributed by atoms with Crippen LogP contribution < -0.4 is 4.74 Å². The zero-order valence-corrected chi connectivity index (χ0v) is 9.14. The van der Waals surface area contributed by atoms with E-state index in [1.807, 2.05) is 0 Å². The van der Waals surface area contributed by atoms with E-state index < -0.39 is 23.4 Å². The van der Waals surface area contributed by atoms with Crippen LogP contribution >= 0.6 is 0 Å². The molecule has 1 N–H and O–H groups in total. The van der Waals surface area contributed by atoms with Gasteiger partial charge < -0.3 is 14.5 Å². The molecule has 0 aliphatic rings. The quantitative estimate of drug-likeness (QED) is 0.820. The first kappa shape index (κ1) is 11.4. The van der Waals surface area contributed by atoms with Crippen molar-refractivity contribution >= 4 is 16.9 Å². The predicted molar refractivity (Wildman–Crippen MR) is 56.1 cm³/mol. The Morgan fingerprint density at radius 2 is 2.00 bits per heavy atom. The van der Waals surface area contributed by atoms with Crippen LogP contribution in [0.2, 0.25) is 0 Å². The molecular weight excluding hydrogens is 232 g/mol. The second kappa shape index (κ2) is 4.04. The van der Waals surface area contributed by atoms with E-state index in [-0.39, 0.29) is 16.6 Å². The standard InChI is InChI=1S/C11H9F2NO3/c1-16-10-6(12)3-5-4-7(11(15)17-2)14-9(5)8(10)13/h3-4,14H,1-2H3. The molecule has 0 aliphatic heterocycles. The Labute approximate surface area is 95.1 Å². The van der Waals surface area contributed by atoms with Gasteiger partial charge in [0.1, 0.15) is 5.69 Å². The summed E-state index contributed by atoms with van der Waals surface area (Å²) in [5, 5.41) is 0.237. The first-order valence-electron chi connectivity index (χ1n) is 4.71. The molecule has 1 aromatic heterocycles. The third-order valence-corrected chi connectivity index (χ3v) is 2.38. The maximum atomic E-state index is 13.8. The molecule has 17 heavy (non-hydrogen) atoms. The molecule has 0 bridgehead atoms. The van der Waals surface area contributed by atoms with Gasteiger partial charge in [0.15, 0.2) is 17.4 Å². The van der Waals surface area contributed by atoms with E-state index in [1.54, 1.807) is 0 Å². The number of fused-ring (bicyclic) bond motifs is 1. The van der Waals surface area contributed by atoms with Gasteiger partial charge in [0.25, 0.3) is 0 Å². The van der Waals surface area contributed by atoms with Crippen LogP contribution in [0.3, 0.4) is 0 Å². The molecule has 2 rings (SSSR count). The first-order chi connectivity index (χ1) is 8.08. The molecule has 6 heteroatoms. The number of aromatic amines is 1. The van der Waals surface area contributed by atoms with Crippen molar-refractivity contribution < 1.29 is 23.0 Å². The van der Waals surface area contributed by atoms with Gasteiger partial charge in [-0.05, 0) is 12.1 Å². The minimum atomic E-state index is -0.877. The minimum absolute atomic E-state index is 0.00338. The van der Waals surface area contributed by atoms with Gasteiger partial charge in [0.05, 0.1) is 19.7 Å². The van der Waals surface area contributed by atoms with E-state index in [9.17, 15) is 13.6 Å². The third kappa shape index (κ3) is 1.71. The number of benzene rings is 1.